The molecule has 2 aromatic rings. The first kappa shape index (κ1) is 11.6. The predicted molar refractivity (Wildman–Crippen MR) is 67.4 cm³/mol. The number of nitrogens with two attached hydrogens (primary N) is 1. The fourth-order valence-corrected chi connectivity index (χ4v) is 1.84. The molecule has 2 aromatic heterocycles. The second kappa shape index (κ2) is 4.57. The third kappa shape index (κ3) is 2.46. The van der Waals surface area contributed by atoms with Gasteiger partial charge >= 0.3 is 0 Å². The Morgan fingerprint density at radius 1 is 1.35 bits per heavy atom. The zero-order valence-corrected chi connectivity index (χ0v) is 10.4. The molecule has 0 bridgehead atoms. The number of rotatable bonds is 3. The summed E-state index contributed by atoms with van der Waals surface area (Å²) in [4.78, 5) is 4.17. The summed E-state index contributed by atoms with van der Waals surface area (Å²) in [6, 6.07) is 2.04. The number of aromatic nitrogens is 2. The molecule has 0 radical (unpaired) electrons. The van der Waals surface area contributed by atoms with Crippen LogP contribution in [-0.4, -0.2) is 10.1 Å². The summed E-state index contributed by atoms with van der Waals surface area (Å²) in [7, 11) is 0. The van der Waals surface area contributed by atoms with Gasteiger partial charge < -0.3 is 10.3 Å². The Hall–Kier alpha value is -1.84. The molecule has 17 heavy (non-hydrogen) atoms. The molecule has 4 heteroatoms. The molecule has 0 saturated heterocycles. The van der Waals surface area contributed by atoms with Gasteiger partial charge in [-0.25, -0.2) is 0 Å². The van der Waals surface area contributed by atoms with Crippen LogP contribution in [0.2, 0.25) is 0 Å². The van der Waals surface area contributed by atoms with E-state index in [1.165, 1.54) is 0 Å². The van der Waals surface area contributed by atoms with E-state index in [1.807, 2.05) is 19.2 Å². The van der Waals surface area contributed by atoms with Crippen LogP contribution < -0.4 is 5.73 Å². The maximum atomic E-state index is 5.82. The van der Waals surface area contributed by atoms with Gasteiger partial charge in [0.2, 0.25) is 5.88 Å². The van der Waals surface area contributed by atoms with E-state index in [0.717, 1.165) is 28.8 Å². The third-order valence-electron chi connectivity index (χ3n) is 2.58. The minimum Gasteiger partial charge on any atom is -0.367 e. The largest absolute Gasteiger partial charge is 0.367 e. The summed E-state index contributed by atoms with van der Waals surface area (Å²) < 4.78 is 5.09. The first-order chi connectivity index (χ1) is 8.08. The lowest BCUT2D eigenvalue weighted by Crippen LogP contribution is -1.98. The topological polar surface area (TPSA) is 64.9 Å². The van der Waals surface area contributed by atoms with Gasteiger partial charge in [0.25, 0.3) is 0 Å². The minimum absolute atomic E-state index is 0.412. The molecule has 2 heterocycles. The van der Waals surface area contributed by atoms with E-state index in [1.54, 1.807) is 6.20 Å². The molecule has 90 valence electrons. The first-order valence-electron chi connectivity index (χ1n) is 5.74. The number of aryl methyl sites for hydroxylation is 1. The number of nitrogen functional groups attached to an aromatic ring is 1. The molecule has 2 N–H and O–H groups in total. The predicted octanol–water partition coefficient (Wildman–Crippen LogP) is 2.83. The highest BCUT2D eigenvalue weighted by molar-refractivity contribution is 5.66. The van der Waals surface area contributed by atoms with Crippen molar-refractivity contribution < 1.29 is 4.52 Å². The van der Waals surface area contributed by atoms with E-state index < -0.39 is 0 Å². The zero-order chi connectivity index (χ0) is 12.4. The van der Waals surface area contributed by atoms with Crippen LogP contribution in [0.15, 0.2) is 23.0 Å². The van der Waals surface area contributed by atoms with Crippen LogP contribution >= 0.6 is 0 Å². The molecule has 0 unspecified atom stereocenters. The number of pyridine rings is 1. The highest BCUT2D eigenvalue weighted by Gasteiger charge is 2.16. The SMILES string of the molecule is Cc1cncc(-c2noc(N)c2CC(C)C)c1. The van der Waals surface area contributed by atoms with E-state index in [4.69, 9.17) is 10.3 Å². The fourth-order valence-electron chi connectivity index (χ4n) is 1.84. The van der Waals surface area contributed by atoms with Crippen molar-refractivity contribution in [2.75, 3.05) is 5.73 Å². The normalized spacial score (nSPS) is 11.1. The van der Waals surface area contributed by atoms with Crippen molar-refractivity contribution in [3.8, 4) is 11.3 Å². The first-order valence-corrected chi connectivity index (χ1v) is 5.74. The Balaban J connectivity index is 2.45. The van der Waals surface area contributed by atoms with Gasteiger partial charge in [0, 0.05) is 23.5 Å². The van der Waals surface area contributed by atoms with E-state index in [2.05, 4.69) is 24.0 Å². The standard InChI is InChI=1S/C13H17N3O/c1-8(2)4-11-12(16-17-13(11)14)10-5-9(3)6-15-7-10/h5-8H,4,14H2,1-3H3. The van der Waals surface area contributed by atoms with E-state index >= 15 is 0 Å². The van der Waals surface area contributed by atoms with Crippen molar-refractivity contribution in [1.29, 1.82) is 0 Å². The van der Waals surface area contributed by atoms with Crippen LogP contribution in [-0.2, 0) is 6.42 Å². The summed E-state index contributed by atoms with van der Waals surface area (Å²) >= 11 is 0. The highest BCUT2D eigenvalue weighted by Crippen LogP contribution is 2.29. The van der Waals surface area contributed by atoms with Crippen LogP contribution in [0.25, 0.3) is 11.3 Å². The van der Waals surface area contributed by atoms with Gasteiger partial charge in [-0.15, -0.1) is 0 Å². The monoisotopic (exact) mass is 231 g/mol. The van der Waals surface area contributed by atoms with Crippen LogP contribution in [0.4, 0.5) is 5.88 Å². The van der Waals surface area contributed by atoms with Gasteiger partial charge in [0.05, 0.1) is 0 Å². The number of anilines is 1. The van der Waals surface area contributed by atoms with Gasteiger partial charge in [-0.05, 0) is 30.9 Å². The van der Waals surface area contributed by atoms with Crippen molar-refractivity contribution in [3.63, 3.8) is 0 Å². The van der Waals surface area contributed by atoms with Crippen molar-refractivity contribution >= 4 is 5.88 Å². The number of hydrogen-bond donors (Lipinski definition) is 1. The molecule has 0 atom stereocenters. The van der Waals surface area contributed by atoms with Crippen LogP contribution in [0, 0.1) is 12.8 Å². The zero-order valence-electron chi connectivity index (χ0n) is 10.4. The third-order valence-corrected chi connectivity index (χ3v) is 2.58. The highest BCUT2D eigenvalue weighted by atomic mass is 16.5. The fraction of sp³-hybridized carbons (Fsp3) is 0.385. The Bertz CT molecular complexity index is 517. The summed E-state index contributed by atoms with van der Waals surface area (Å²) in [5, 5.41) is 4.04. The Morgan fingerprint density at radius 2 is 2.12 bits per heavy atom. The molecule has 0 aromatic carbocycles. The van der Waals surface area contributed by atoms with Crippen molar-refractivity contribution in [3.05, 3.63) is 29.6 Å². The molecule has 0 fully saturated rings. The average Bonchev–Trinajstić information content (AvgIpc) is 2.60. The molecule has 0 aliphatic rings. The second-order valence-electron chi connectivity index (χ2n) is 4.72. The lowest BCUT2D eigenvalue weighted by Gasteiger charge is -2.05. The van der Waals surface area contributed by atoms with Crippen LogP contribution in [0.3, 0.4) is 0 Å². The second-order valence-corrected chi connectivity index (χ2v) is 4.72. The van der Waals surface area contributed by atoms with E-state index in [-0.39, 0.29) is 0 Å². The average molecular weight is 231 g/mol. The molecule has 4 nitrogen and oxygen atoms in total. The maximum absolute atomic E-state index is 5.82. The molecule has 0 saturated carbocycles. The minimum atomic E-state index is 0.412. The Labute approximate surface area is 101 Å². The maximum Gasteiger partial charge on any atom is 0.225 e. The quantitative estimate of drug-likeness (QED) is 0.882. The lowest BCUT2D eigenvalue weighted by atomic mass is 9.99. The van der Waals surface area contributed by atoms with Gasteiger partial charge in [-0.3, -0.25) is 4.98 Å². The molecular formula is C13H17N3O. The Morgan fingerprint density at radius 3 is 2.76 bits per heavy atom. The molecule has 2 rings (SSSR count). The van der Waals surface area contributed by atoms with Crippen LogP contribution in [0.5, 0.6) is 0 Å². The smallest absolute Gasteiger partial charge is 0.225 e. The lowest BCUT2D eigenvalue weighted by molar-refractivity contribution is 0.438. The molecule has 0 aliphatic carbocycles. The Kier molecular flexibility index (Phi) is 3.13. The van der Waals surface area contributed by atoms with Crippen molar-refractivity contribution in [2.24, 2.45) is 5.92 Å². The van der Waals surface area contributed by atoms with Gasteiger partial charge in [-0.1, -0.05) is 19.0 Å². The molecular weight excluding hydrogens is 214 g/mol. The van der Waals surface area contributed by atoms with Gasteiger partial charge in [0.1, 0.15) is 5.69 Å². The molecule has 0 amide bonds. The number of hydrogen-bond acceptors (Lipinski definition) is 4. The van der Waals surface area contributed by atoms with Crippen LogP contribution in [0.1, 0.15) is 25.0 Å². The summed E-state index contributed by atoms with van der Waals surface area (Å²) in [6.07, 6.45) is 4.46. The number of nitrogens with zero attached hydrogens (tertiary/aromatic N) is 2. The summed E-state index contributed by atoms with van der Waals surface area (Å²) in [5.41, 5.74) is 9.66. The van der Waals surface area contributed by atoms with E-state index in [0.29, 0.717) is 11.8 Å². The molecule has 0 aliphatic heterocycles. The van der Waals surface area contributed by atoms with Gasteiger partial charge in [0.15, 0.2) is 0 Å². The molecule has 0 spiro atoms. The van der Waals surface area contributed by atoms with Crippen molar-refractivity contribution in [2.45, 2.75) is 27.2 Å². The van der Waals surface area contributed by atoms with Gasteiger partial charge in [-0.2, -0.15) is 0 Å². The van der Waals surface area contributed by atoms with E-state index in [9.17, 15) is 0 Å². The van der Waals surface area contributed by atoms with Crippen molar-refractivity contribution in [1.82, 2.24) is 10.1 Å². The summed E-state index contributed by atoms with van der Waals surface area (Å²) in [6.45, 7) is 6.29. The summed E-state index contributed by atoms with van der Waals surface area (Å²) in [5.74, 6) is 0.920.